The zero-order valence-electron chi connectivity index (χ0n) is 19.7. The van der Waals surface area contributed by atoms with E-state index in [2.05, 4.69) is 45.1 Å². The predicted molar refractivity (Wildman–Crippen MR) is 134 cm³/mol. The van der Waals surface area contributed by atoms with E-state index in [4.69, 9.17) is 9.15 Å². The highest BCUT2D eigenvalue weighted by atomic mass is 32.1. The van der Waals surface area contributed by atoms with Gasteiger partial charge in [0.2, 0.25) is 24.1 Å². The third-order valence-electron chi connectivity index (χ3n) is 4.82. The second kappa shape index (κ2) is 14.4. The summed E-state index contributed by atoms with van der Waals surface area (Å²) in [6.45, 7) is 9.94. The van der Waals surface area contributed by atoms with Crippen LogP contribution in [0.25, 0.3) is 0 Å². The van der Waals surface area contributed by atoms with Crippen LogP contribution in [-0.2, 0) is 33.7 Å². The van der Waals surface area contributed by atoms with Crippen molar-refractivity contribution >= 4 is 34.9 Å². The van der Waals surface area contributed by atoms with Gasteiger partial charge in [0.05, 0.1) is 12.1 Å². The molecule has 1 atom stereocenters. The highest BCUT2D eigenvalue weighted by Gasteiger charge is 2.26. The Bertz CT molecular complexity index is 1140. The summed E-state index contributed by atoms with van der Waals surface area (Å²) in [7, 11) is 1.70. The van der Waals surface area contributed by atoms with Crippen LogP contribution < -0.4 is 10.6 Å². The molecule has 35 heavy (non-hydrogen) atoms. The number of ether oxygens (including phenoxy) is 1. The van der Waals surface area contributed by atoms with E-state index in [-0.39, 0.29) is 5.91 Å². The van der Waals surface area contributed by atoms with E-state index in [0.717, 1.165) is 31.4 Å². The molecule has 2 aromatic heterocycles. The van der Waals surface area contributed by atoms with Crippen LogP contribution in [0.2, 0.25) is 0 Å². The molecule has 2 aromatic rings. The number of aliphatic imine (C=N–C) groups is 1. The van der Waals surface area contributed by atoms with Crippen molar-refractivity contribution in [3.05, 3.63) is 64.9 Å². The maximum atomic E-state index is 12.1. The van der Waals surface area contributed by atoms with Crippen molar-refractivity contribution in [1.82, 2.24) is 15.5 Å². The number of allylic oxidation sites excluding steroid dienone is 2. The third-order valence-corrected chi connectivity index (χ3v) is 5.99. The average Bonchev–Trinajstić information content (AvgIpc) is 3.42. The number of thiophene rings is 1. The molecular formula is C24H28N6O4S. The Labute approximate surface area is 208 Å². The monoisotopic (exact) mass is 496 g/mol. The molecule has 0 aromatic carbocycles. The fourth-order valence-corrected chi connectivity index (χ4v) is 4.62. The van der Waals surface area contributed by atoms with Gasteiger partial charge in [-0.15, -0.1) is 21.5 Å². The van der Waals surface area contributed by atoms with Crippen LogP contribution in [0.15, 0.2) is 46.5 Å². The molecule has 0 saturated carbocycles. The summed E-state index contributed by atoms with van der Waals surface area (Å²) in [5.41, 5.74) is 2.25. The van der Waals surface area contributed by atoms with Gasteiger partial charge in [-0.2, -0.15) is 5.26 Å². The molecule has 1 aliphatic carbocycles. The number of anilines is 1. The Morgan fingerprint density at radius 2 is 2.23 bits per heavy atom. The minimum Gasteiger partial charge on any atom is -0.424 e. The van der Waals surface area contributed by atoms with Crippen molar-refractivity contribution in [2.45, 2.75) is 32.7 Å². The second-order valence-corrected chi connectivity index (χ2v) is 8.56. The number of nitriles is 1. The lowest BCUT2D eigenvalue weighted by Crippen LogP contribution is -2.17. The average molecular weight is 497 g/mol. The standard InChI is InChI=1S/C19H21N3O2S.C5H7N3O2/c1-4-21-11-13(2)5-8-18(23)22-19-16(10-20)15-7-6-14(12-24-3)9-17(15)25-19;1-4-7-8-5(10-4)2-6-3-9/h4-5,8,11,14H,1-2,6-7,9,12H2,3H3,(H,22,23);3H,2H2,1H3,(H,6,9)/b8-5+,21-11?;. The Morgan fingerprint density at radius 3 is 2.86 bits per heavy atom. The first-order valence-corrected chi connectivity index (χ1v) is 11.5. The molecule has 0 aliphatic heterocycles. The lowest BCUT2D eigenvalue weighted by atomic mass is 9.88. The second-order valence-electron chi connectivity index (χ2n) is 7.46. The van der Waals surface area contributed by atoms with E-state index in [0.29, 0.717) is 46.8 Å². The van der Waals surface area contributed by atoms with E-state index in [1.165, 1.54) is 34.7 Å². The molecule has 1 unspecified atom stereocenters. The summed E-state index contributed by atoms with van der Waals surface area (Å²) >= 11 is 1.49. The lowest BCUT2D eigenvalue weighted by molar-refractivity contribution is -0.112. The predicted octanol–water partition coefficient (Wildman–Crippen LogP) is 3.26. The highest BCUT2D eigenvalue weighted by molar-refractivity contribution is 7.16. The van der Waals surface area contributed by atoms with Gasteiger partial charge in [0.1, 0.15) is 11.1 Å². The number of nitrogens with one attached hydrogen (secondary N) is 2. The zero-order valence-corrected chi connectivity index (χ0v) is 20.6. The van der Waals surface area contributed by atoms with Crippen LogP contribution in [0.3, 0.4) is 0 Å². The Morgan fingerprint density at radius 1 is 1.43 bits per heavy atom. The van der Waals surface area contributed by atoms with Crippen molar-refractivity contribution in [2.75, 3.05) is 19.0 Å². The van der Waals surface area contributed by atoms with Crippen LogP contribution in [0.5, 0.6) is 0 Å². The first kappa shape index (κ1) is 27.4. The van der Waals surface area contributed by atoms with Crippen molar-refractivity contribution in [2.24, 2.45) is 10.9 Å². The number of nitrogens with zero attached hydrogens (tertiary/aromatic N) is 4. The SMILES string of the molecule is C=CN=CC(=C)/C=C/C(=O)Nc1sc2c(c1C#N)CCC(COC)C2.Cc1nnc(CNC=O)o1. The molecule has 0 fully saturated rings. The summed E-state index contributed by atoms with van der Waals surface area (Å²) in [5, 5.41) is 22.5. The molecule has 0 radical (unpaired) electrons. The Hall–Kier alpha value is -3.88. The van der Waals surface area contributed by atoms with Gasteiger partial charge < -0.3 is 19.8 Å². The summed E-state index contributed by atoms with van der Waals surface area (Å²) in [6, 6.07) is 2.24. The van der Waals surface area contributed by atoms with Crippen molar-refractivity contribution < 1.29 is 18.7 Å². The molecule has 11 heteroatoms. The summed E-state index contributed by atoms with van der Waals surface area (Å²) in [5.74, 6) is 1.10. The van der Waals surface area contributed by atoms with Crippen LogP contribution in [-0.4, -0.2) is 42.4 Å². The first-order chi connectivity index (χ1) is 16.9. The van der Waals surface area contributed by atoms with E-state index in [9.17, 15) is 14.9 Å². The van der Waals surface area contributed by atoms with Gasteiger partial charge in [-0.25, -0.2) is 0 Å². The molecule has 184 valence electrons. The van der Waals surface area contributed by atoms with Crippen molar-refractivity contribution in [3.63, 3.8) is 0 Å². The maximum absolute atomic E-state index is 12.1. The Balaban J connectivity index is 0.000000360. The molecule has 10 nitrogen and oxygen atoms in total. The largest absolute Gasteiger partial charge is 0.424 e. The molecule has 2 amide bonds. The molecule has 2 N–H and O–H groups in total. The fourth-order valence-electron chi connectivity index (χ4n) is 3.30. The van der Waals surface area contributed by atoms with Gasteiger partial charge in [-0.1, -0.05) is 13.2 Å². The van der Waals surface area contributed by atoms with Gasteiger partial charge >= 0.3 is 0 Å². The first-order valence-electron chi connectivity index (χ1n) is 10.7. The summed E-state index contributed by atoms with van der Waals surface area (Å²) in [4.78, 5) is 26.9. The van der Waals surface area contributed by atoms with Crippen LogP contribution in [0.1, 0.15) is 34.2 Å². The topological polar surface area (TPSA) is 142 Å². The summed E-state index contributed by atoms with van der Waals surface area (Å²) < 4.78 is 10.2. The Kier molecular flexibility index (Phi) is 11.3. The molecule has 0 spiro atoms. The molecule has 1 aliphatic rings. The number of methoxy groups -OCH3 is 1. The number of hydrogen-bond donors (Lipinski definition) is 2. The molecule has 0 bridgehead atoms. The van der Waals surface area contributed by atoms with E-state index >= 15 is 0 Å². The minimum absolute atomic E-state index is 0.295. The van der Waals surface area contributed by atoms with E-state index in [1.54, 1.807) is 20.1 Å². The molecule has 2 heterocycles. The quantitative estimate of drug-likeness (QED) is 0.222. The number of hydrogen-bond acceptors (Lipinski definition) is 9. The van der Waals surface area contributed by atoms with Crippen LogP contribution in [0, 0.1) is 24.2 Å². The maximum Gasteiger partial charge on any atom is 0.249 e. The van der Waals surface area contributed by atoms with Gasteiger partial charge in [-0.05, 0) is 42.4 Å². The zero-order chi connectivity index (χ0) is 25.6. The molecular weight excluding hydrogens is 468 g/mol. The number of aromatic nitrogens is 2. The number of aryl methyl sites for hydroxylation is 1. The van der Waals surface area contributed by atoms with Crippen molar-refractivity contribution in [3.8, 4) is 6.07 Å². The molecule has 0 saturated heterocycles. The number of fused-ring (bicyclic) bond motifs is 1. The molecule has 3 rings (SSSR count). The lowest BCUT2D eigenvalue weighted by Gasteiger charge is -2.21. The smallest absolute Gasteiger partial charge is 0.249 e. The number of rotatable bonds is 10. The summed E-state index contributed by atoms with van der Waals surface area (Å²) in [6.07, 6.45) is 9.18. The van der Waals surface area contributed by atoms with E-state index < -0.39 is 0 Å². The van der Waals surface area contributed by atoms with Gasteiger partial charge in [0.15, 0.2) is 0 Å². The fraction of sp³-hybridized carbons (Fsp3) is 0.333. The van der Waals surface area contributed by atoms with Gasteiger partial charge in [0.25, 0.3) is 0 Å². The van der Waals surface area contributed by atoms with Gasteiger partial charge in [-0.3, -0.25) is 14.6 Å². The highest BCUT2D eigenvalue weighted by Crippen LogP contribution is 2.39. The number of carbonyl (C=O) groups excluding carboxylic acids is 2. The normalized spacial score (nSPS) is 14.5. The third kappa shape index (κ3) is 8.77. The van der Waals surface area contributed by atoms with Crippen LogP contribution in [0.4, 0.5) is 5.00 Å². The van der Waals surface area contributed by atoms with E-state index in [1.807, 2.05) is 0 Å². The number of carbonyl (C=O) groups is 2. The minimum atomic E-state index is -0.295. The van der Waals surface area contributed by atoms with Gasteiger partial charge in [0, 0.05) is 44.0 Å². The van der Waals surface area contributed by atoms with Crippen molar-refractivity contribution in [1.29, 1.82) is 5.26 Å². The van der Waals surface area contributed by atoms with Crippen LogP contribution >= 0.6 is 11.3 Å². The number of amides is 2.